The molecule has 0 amide bonds. The number of aliphatic hydroxyl groups is 3. The summed E-state index contributed by atoms with van der Waals surface area (Å²) in [6, 6.07) is 11.4. The molecule has 1 aromatic heterocycles. The number of benzene rings is 2. The molecule has 0 bridgehead atoms. The van der Waals surface area contributed by atoms with E-state index in [1.54, 1.807) is 31.4 Å². The van der Waals surface area contributed by atoms with Gasteiger partial charge in [0.05, 0.1) is 18.1 Å². The summed E-state index contributed by atoms with van der Waals surface area (Å²) < 4.78 is 26.8. The lowest BCUT2D eigenvalue weighted by Gasteiger charge is -2.39. The number of aliphatic hydroxyl groups excluding tert-OH is 3. The zero-order chi connectivity index (χ0) is 24.4. The standard InChI is InChI=1S/C24H24O10/c1-12(25)31-11-19-21(27)22(28)23(29)24(34-19)33-15-7-8-16-18(9-15)32-10-17(20(16)26)13-3-5-14(30-2)6-4-13/h3-10,19,21-24,27-29H,11H2,1-2H3/t19-,21+,22-,23+,24+/m0/s1. The molecule has 10 nitrogen and oxygen atoms in total. The number of rotatable bonds is 6. The number of carbonyl (C=O) groups excluding carboxylic acids is 1. The number of ether oxygens (including phenoxy) is 4. The minimum absolute atomic E-state index is 0.187. The lowest BCUT2D eigenvalue weighted by atomic mass is 9.99. The molecule has 1 saturated heterocycles. The van der Waals surface area contributed by atoms with E-state index >= 15 is 0 Å². The number of methoxy groups -OCH3 is 1. The van der Waals surface area contributed by atoms with Crippen molar-refractivity contribution in [3.63, 3.8) is 0 Å². The zero-order valence-corrected chi connectivity index (χ0v) is 18.4. The fraction of sp³-hybridized carbons (Fsp3) is 0.333. The van der Waals surface area contributed by atoms with Gasteiger partial charge in [0.2, 0.25) is 6.29 Å². The third-order valence-corrected chi connectivity index (χ3v) is 5.52. The molecule has 1 aliphatic rings. The number of esters is 1. The maximum Gasteiger partial charge on any atom is 0.302 e. The Bertz CT molecular complexity index is 1220. The minimum atomic E-state index is -1.59. The summed E-state index contributed by atoms with van der Waals surface area (Å²) in [6.07, 6.45) is -5.80. The van der Waals surface area contributed by atoms with Crippen molar-refractivity contribution in [2.45, 2.75) is 37.6 Å². The van der Waals surface area contributed by atoms with E-state index in [0.717, 1.165) is 0 Å². The molecule has 0 unspecified atom stereocenters. The van der Waals surface area contributed by atoms with Crippen LogP contribution in [0.5, 0.6) is 11.5 Å². The van der Waals surface area contributed by atoms with Gasteiger partial charge in [-0.3, -0.25) is 9.59 Å². The highest BCUT2D eigenvalue weighted by Gasteiger charge is 2.45. The van der Waals surface area contributed by atoms with Crippen LogP contribution in [0.4, 0.5) is 0 Å². The first-order valence-corrected chi connectivity index (χ1v) is 10.5. The van der Waals surface area contributed by atoms with E-state index in [-0.39, 0.29) is 23.4 Å². The Hall–Kier alpha value is -3.44. The average Bonchev–Trinajstić information content (AvgIpc) is 2.84. The average molecular weight is 472 g/mol. The van der Waals surface area contributed by atoms with Crippen LogP contribution in [0, 0.1) is 0 Å². The number of fused-ring (bicyclic) bond motifs is 1. The second kappa shape index (κ2) is 9.82. The Labute approximate surface area is 193 Å². The van der Waals surface area contributed by atoms with Crippen molar-refractivity contribution in [2.24, 2.45) is 0 Å². The van der Waals surface area contributed by atoms with Gasteiger partial charge < -0.3 is 38.7 Å². The number of hydrogen-bond acceptors (Lipinski definition) is 10. The molecule has 0 saturated carbocycles. The topological polar surface area (TPSA) is 145 Å². The van der Waals surface area contributed by atoms with E-state index in [4.69, 9.17) is 23.4 Å². The van der Waals surface area contributed by atoms with Crippen molar-refractivity contribution >= 4 is 16.9 Å². The van der Waals surface area contributed by atoms with Crippen LogP contribution in [0.3, 0.4) is 0 Å². The van der Waals surface area contributed by atoms with Gasteiger partial charge in [0.1, 0.15) is 54.4 Å². The van der Waals surface area contributed by atoms with Gasteiger partial charge in [0, 0.05) is 13.0 Å². The molecule has 10 heteroatoms. The number of hydrogen-bond donors (Lipinski definition) is 3. The van der Waals surface area contributed by atoms with Gasteiger partial charge in [-0.05, 0) is 29.8 Å². The van der Waals surface area contributed by atoms with E-state index in [1.807, 2.05) is 0 Å². The minimum Gasteiger partial charge on any atom is -0.497 e. The maximum atomic E-state index is 13.0. The SMILES string of the molecule is COc1ccc(-c2coc3cc(O[C@@H]4O[C@@H](COC(C)=O)[C@@H](O)[C@H](O)[C@H]4O)ccc3c2=O)cc1. The van der Waals surface area contributed by atoms with Gasteiger partial charge >= 0.3 is 5.97 Å². The summed E-state index contributed by atoms with van der Waals surface area (Å²) in [5.74, 6) is 0.259. The van der Waals surface area contributed by atoms with Gasteiger partial charge in [0.25, 0.3) is 0 Å². The molecule has 0 radical (unpaired) electrons. The molecule has 3 N–H and O–H groups in total. The van der Waals surface area contributed by atoms with Crippen LogP contribution in [-0.2, 0) is 14.3 Å². The van der Waals surface area contributed by atoms with Crippen LogP contribution in [0.15, 0.2) is 57.9 Å². The van der Waals surface area contributed by atoms with E-state index in [9.17, 15) is 24.9 Å². The fourth-order valence-electron chi connectivity index (χ4n) is 3.64. The van der Waals surface area contributed by atoms with Crippen LogP contribution >= 0.6 is 0 Å². The highest BCUT2D eigenvalue weighted by Crippen LogP contribution is 2.28. The first-order chi connectivity index (χ1) is 16.3. The predicted molar refractivity (Wildman–Crippen MR) is 118 cm³/mol. The van der Waals surface area contributed by atoms with Crippen molar-refractivity contribution < 1.29 is 43.5 Å². The molecular formula is C24H24O10. The first kappa shape index (κ1) is 23.7. The molecule has 0 aliphatic carbocycles. The van der Waals surface area contributed by atoms with E-state index < -0.39 is 36.7 Å². The maximum absolute atomic E-state index is 13.0. The lowest BCUT2D eigenvalue weighted by molar-refractivity contribution is -0.278. The lowest BCUT2D eigenvalue weighted by Crippen LogP contribution is -2.60. The van der Waals surface area contributed by atoms with Crippen molar-refractivity contribution in [1.82, 2.24) is 0 Å². The van der Waals surface area contributed by atoms with Crippen LogP contribution in [-0.4, -0.2) is 65.7 Å². The first-order valence-electron chi connectivity index (χ1n) is 10.5. The molecule has 1 fully saturated rings. The van der Waals surface area contributed by atoms with Crippen LogP contribution in [0.25, 0.3) is 22.1 Å². The normalized spacial score (nSPS) is 24.6. The monoisotopic (exact) mass is 472 g/mol. The molecule has 2 aromatic carbocycles. The molecule has 34 heavy (non-hydrogen) atoms. The highest BCUT2D eigenvalue weighted by atomic mass is 16.7. The van der Waals surface area contributed by atoms with Crippen LogP contribution in [0.2, 0.25) is 0 Å². The van der Waals surface area contributed by atoms with Gasteiger partial charge in [-0.1, -0.05) is 12.1 Å². The van der Waals surface area contributed by atoms with E-state index in [1.165, 1.54) is 31.4 Å². The van der Waals surface area contributed by atoms with Crippen molar-refractivity contribution in [3.8, 4) is 22.6 Å². The Kier molecular flexibility index (Phi) is 6.85. The summed E-state index contributed by atoms with van der Waals surface area (Å²) in [7, 11) is 1.55. The second-order valence-corrected chi connectivity index (χ2v) is 7.80. The zero-order valence-electron chi connectivity index (χ0n) is 18.4. The van der Waals surface area contributed by atoms with Gasteiger partial charge in [0.15, 0.2) is 5.43 Å². The van der Waals surface area contributed by atoms with Crippen molar-refractivity contribution in [3.05, 3.63) is 59.0 Å². The third-order valence-electron chi connectivity index (χ3n) is 5.52. The van der Waals surface area contributed by atoms with E-state index in [2.05, 4.69) is 0 Å². The Morgan fingerprint density at radius 1 is 1.00 bits per heavy atom. The molecular weight excluding hydrogens is 448 g/mol. The Balaban J connectivity index is 1.56. The summed E-state index contributed by atoms with van der Waals surface area (Å²) in [5, 5.41) is 30.8. The predicted octanol–water partition coefficient (Wildman–Crippen LogP) is 1.22. The molecule has 1 aliphatic heterocycles. The largest absolute Gasteiger partial charge is 0.497 e. The molecule has 2 heterocycles. The highest BCUT2D eigenvalue weighted by molar-refractivity contribution is 5.82. The summed E-state index contributed by atoms with van der Waals surface area (Å²) in [6.45, 7) is 0.859. The number of carbonyl (C=O) groups is 1. The quantitative estimate of drug-likeness (QED) is 0.448. The second-order valence-electron chi connectivity index (χ2n) is 7.80. The van der Waals surface area contributed by atoms with Crippen molar-refractivity contribution in [2.75, 3.05) is 13.7 Å². The van der Waals surface area contributed by atoms with Crippen LogP contribution in [0.1, 0.15) is 6.92 Å². The molecule has 180 valence electrons. The third kappa shape index (κ3) is 4.75. The van der Waals surface area contributed by atoms with Crippen molar-refractivity contribution in [1.29, 1.82) is 0 Å². The van der Waals surface area contributed by atoms with Crippen LogP contribution < -0.4 is 14.9 Å². The fourth-order valence-corrected chi connectivity index (χ4v) is 3.64. The molecule has 0 spiro atoms. The molecule has 3 aromatic rings. The van der Waals surface area contributed by atoms with E-state index in [0.29, 0.717) is 22.3 Å². The Morgan fingerprint density at radius 2 is 1.71 bits per heavy atom. The van der Waals surface area contributed by atoms with Gasteiger partial charge in [-0.2, -0.15) is 0 Å². The summed E-state index contributed by atoms with van der Waals surface area (Å²) in [4.78, 5) is 24.0. The summed E-state index contributed by atoms with van der Waals surface area (Å²) >= 11 is 0. The molecule has 4 rings (SSSR count). The molecule has 5 atom stereocenters. The Morgan fingerprint density at radius 3 is 2.38 bits per heavy atom. The smallest absolute Gasteiger partial charge is 0.302 e. The van der Waals surface area contributed by atoms with Gasteiger partial charge in [-0.25, -0.2) is 0 Å². The van der Waals surface area contributed by atoms with Gasteiger partial charge in [-0.15, -0.1) is 0 Å². The summed E-state index contributed by atoms with van der Waals surface area (Å²) in [5.41, 5.74) is 1.04.